The van der Waals surface area contributed by atoms with E-state index in [0.717, 1.165) is 71.9 Å². The molecule has 0 atom stereocenters. The largest absolute Gasteiger partial charge is 0.495 e. The molecule has 0 bridgehead atoms. The number of nitro benzene ring substituents is 1. The van der Waals surface area contributed by atoms with Gasteiger partial charge in [-0.25, -0.2) is 70.9 Å². The molecule has 1 aliphatic rings. The first kappa shape index (κ1) is 102. The van der Waals surface area contributed by atoms with Gasteiger partial charge < -0.3 is 52.9 Å². The molecule has 6 aromatic carbocycles. The number of hydrogen-bond acceptors (Lipinski definition) is 18. The second kappa shape index (κ2) is 42.2. The van der Waals surface area contributed by atoms with Crippen molar-refractivity contribution in [2.24, 2.45) is 0 Å². The normalized spacial score (nSPS) is 12.7. The highest BCUT2D eigenvalue weighted by Gasteiger charge is 2.52. The summed E-state index contributed by atoms with van der Waals surface area (Å²) in [6.07, 6.45) is 7.37. The molecule has 0 unspecified atom stereocenters. The molecule has 1 aliphatic heterocycles. The van der Waals surface area contributed by atoms with Gasteiger partial charge in [0.25, 0.3) is 25.7 Å². The molecule has 0 radical (unpaired) electrons. The number of H-pyrrole nitrogens is 4. The van der Waals surface area contributed by atoms with E-state index in [0.29, 0.717) is 66.3 Å². The topological polar surface area (TPSA) is 339 Å². The van der Waals surface area contributed by atoms with E-state index in [-0.39, 0.29) is 61.6 Å². The molecule has 1 fully saturated rings. The molecule has 4 N–H and O–H groups in total. The molecule has 128 heavy (non-hydrogen) atoms. The van der Waals surface area contributed by atoms with Gasteiger partial charge >= 0.3 is 37.1 Å². The second-order valence-electron chi connectivity index (χ2n) is 32.4. The maximum absolute atomic E-state index is 14.7. The third-order valence-electron chi connectivity index (χ3n) is 20.3. The van der Waals surface area contributed by atoms with Crippen molar-refractivity contribution < 1.29 is 96.3 Å². The van der Waals surface area contributed by atoms with E-state index in [2.05, 4.69) is 116 Å². The highest BCUT2D eigenvalue weighted by Crippen LogP contribution is 2.40. The minimum atomic E-state index is -3.93. The Morgan fingerprint density at radius 3 is 1.51 bits per heavy atom. The molecule has 0 saturated carbocycles. The molecule has 1 saturated heterocycles. The average Bonchev–Trinajstić information content (AvgIpc) is 1.61. The van der Waals surface area contributed by atoms with Gasteiger partial charge in [0.05, 0.1) is 81.8 Å². The Morgan fingerprint density at radius 2 is 1.03 bits per heavy atom. The fraction of sp³-hybridized carbons (Fsp3) is 0.293. The van der Waals surface area contributed by atoms with Crippen molar-refractivity contribution in [1.82, 2.24) is 32.4 Å². The number of aromatic nitrogens is 7. The lowest BCUT2D eigenvalue weighted by atomic mass is 9.77. The fourth-order valence-corrected chi connectivity index (χ4v) is 17.0. The summed E-state index contributed by atoms with van der Waals surface area (Å²) in [4.78, 5) is 79.6. The minimum Gasteiger partial charge on any atom is -0.464 e. The summed E-state index contributed by atoms with van der Waals surface area (Å²) in [6.45, 7) is 36.0. The van der Waals surface area contributed by atoms with E-state index >= 15 is 0 Å². The molecule has 13 aromatic rings. The minimum absolute atomic E-state index is 0.0244. The van der Waals surface area contributed by atoms with Crippen LogP contribution < -0.4 is 5.46 Å². The number of aryl methyl sites for hydroxylation is 2. The zero-order valence-electron chi connectivity index (χ0n) is 74.3. The van der Waals surface area contributed by atoms with Gasteiger partial charge in [-0.2, -0.15) is 0 Å². The van der Waals surface area contributed by atoms with Crippen LogP contribution in [0.3, 0.4) is 0 Å². The Morgan fingerprint density at radius 1 is 0.562 bits per heavy atom. The number of benzene rings is 6. The third kappa shape index (κ3) is 24.5. The lowest BCUT2D eigenvalue weighted by Gasteiger charge is -2.32. The summed E-state index contributed by atoms with van der Waals surface area (Å²) in [6, 6.07) is 35.2. The number of fused-ring (bicyclic) bond motifs is 3. The van der Waals surface area contributed by atoms with E-state index in [1.54, 1.807) is 108 Å². The Labute approximate surface area is 765 Å². The van der Waals surface area contributed by atoms with Gasteiger partial charge in [-0.1, -0.05) is 99.4 Å². The summed E-state index contributed by atoms with van der Waals surface area (Å²) >= 11 is 9.64. The van der Waals surface area contributed by atoms with Crippen molar-refractivity contribution in [3.8, 4) is 11.3 Å². The molecule has 26 nitrogen and oxygen atoms in total. The number of rotatable bonds is 15. The number of halogens is 7. The fourth-order valence-electron chi connectivity index (χ4n) is 12.6. The maximum atomic E-state index is 14.7. The maximum Gasteiger partial charge on any atom is 0.495 e. The Bertz CT molecular complexity index is 6500. The van der Waals surface area contributed by atoms with E-state index in [9.17, 15) is 68.5 Å². The van der Waals surface area contributed by atoms with Crippen LogP contribution in [0.25, 0.3) is 49.5 Å². The number of aromatic amines is 4. The number of carbonyl (C=O) groups excluding carboxylic acids is 5. The molecule has 0 amide bonds. The standard InChI is InChI=1S/C24H23FN2O4S.C21H23BFNO4S.C14H19NO4.C9H12BrNO2.C9H13NO2.C8H5BrFN.C7H5BrFNO2/c1-14(2)19-13-21(24(28)31-4)26-23(19)20-11-16(25)12-22-18(20)9-10-27(22)32(29,30)17-7-5-15(3)6-8-17;1-14-6-8-16(9-7-14)29(25,26)24-11-10-17-18(12-15(23)13-19(17)24)22-27-20(2,3)21(4,5)28-22;1-9(2)10-7-11(12(16)18-6)15(8-10)13(17)19-14(3,4)5;1-5(2)6-4-7(9(12)13-3)11-8(6)10;1-6(2)7-4-8(10-5-7)9(11)12-3;9-7-3-5(10)4-8-6(7)1-2-11-8;1-4-6(8)2-5(9)3-7(4)10(11)12/h5-14,26H,1-4H3;6-13H,1-5H3;7-8H,1H2,2-6H3;4-5,11H,1-3H3;4-6,10H,1-3H3;1-4,11H;2-3H,1H3. The summed E-state index contributed by atoms with van der Waals surface area (Å²) in [5.74, 6) is -2.94. The lowest BCUT2D eigenvalue weighted by Crippen LogP contribution is -2.41. The van der Waals surface area contributed by atoms with Crippen LogP contribution in [0, 0.1) is 54.2 Å². The number of nitrogens with zero attached hydrogens (tertiary/aromatic N) is 4. The van der Waals surface area contributed by atoms with E-state index < -0.39 is 84.4 Å². The van der Waals surface area contributed by atoms with Crippen molar-refractivity contribution in [2.75, 3.05) is 28.4 Å². The van der Waals surface area contributed by atoms with Gasteiger partial charge in [0.2, 0.25) is 0 Å². The molecular weight excluding hydrogens is 1900 g/mol. The first-order chi connectivity index (χ1) is 59.7. The highest BCUT2D eigenvalue weighted by atomic mass is 79.9. The van der Waals surface area contributed by atoms with Crippen molar-refractivity contribution in [2.45, 2.75) is 162 Å². The van der Waals surface area contributed by atoms with Crippen molar-refractivity contribution in [1.29, 1.82) is 0 Å². The zero-order valence-corrected chi connectivity index (χ0v) is 80.7. The number of allylic oxidation sites excluding steroid dienone is 1. The van der Waals surface area contributed by atoms with Crippen LogP contribution in [0.4, 0.5) is 28.0 Å². The SMILES string of the molecule is C=C(C)c1cc(C(=O)OC)n(C(=O)OC(C)(C)C)c1.COC(=O)c1cc(C(C)C)c(-c2cc(F)cc3c2ccn3S(=O)(=O)c2ccc(C)cc2)[nH]1.COC(=O)c1cc(C(C)C)c(Br)[nH]1.COC(=O)c1cc(C(C)C)c[nH]1.Cc1c(Br)cc(F)cc1[N+](=O)[O-].Cc1ccc(S(=O)(=O)n2ccc3c(B4OC(C)(C)C(C)(C)O4)cc(F)cc32)cc1.Fc1cc(Br)c2cc[nH]c2c1. The van der Waals surface area contributed by atoms with Crippen molar-refractivity contribution in [3.05, 3.63) is 286 Å². The van der Waals surface area contributed by atoms with Gasteiger partial charge in [0, 0.05) is 72.7 Å². The first-order valence-corrected chi connectivity index (χ1v) is 44.9. The van der Waals surface area contributed by atoms with Gasteiger partial charge in [-0.3, -0.25) is 10.1 Å². The first-order valence-electron chi connectivity index (χ1n) is 39.6. The molecule has 14 rings (SSSR count). The Kier molecular flexibility index (Phi) is 33.6. The lowest BCUT2D eigenvalue weighted by molar-refractivity contribution is -0.385. The molecule has 0 spiro atoms. The Balaban J connectivity index is 0.000000193. The predicted molar refractivity (Wildman–Crippen MR) is 496 cm³/mol. The number of hydrogen-bond donors (Lipinski definition) is 4. The van der Waals surface area contributed by atoms with Crippen LogP contribution in [0.5, 0.6) is 0 Å². The zero-order chi connectivity index (χ0) is 95.5. The Hall–Kier alpha value is -11.4. The second-order valence-corrected chi connectivity index (χ2v) is 38.5. The highest BCUT2D eigenvalue weighted by molar-refractivity contribution is 9.11. The van der Waals surface area contributed by atoms with Gasteiger partial charge in [0.1, 0.15) is 51.6 Å². The summed E-state index contributed by atoms with van der Waals surface area (Å²) in [5, 5.41) is 12.5. The van der Waals surface area contributed by atoms with Gasteiger partial charge in [-0.05, 0) is 268 Å². The third-order valence-corrected chi connectivity index (χ3v) is 25.8. The molecule has 680 valence electrons. The average molecular weight is 2000 g/mol. The monoisotopic (exact) mass is 1990 g/mol. The summed E-state index contributed by atoms with van der Waals surface area (Å²) in [7, 11) is -3.31. The number of ether oxygens (including phenoxy) is 5. The van der Waals surface area contributed by atoms with Crippen molar-refractivity contribution >= 4 is 154 Å². The predicted octanol–water partition coefficient (Wildman–Crippen LogP) is 22.4. The molecule has 36 heteroatoms. The van der Waals surface area contributed by atoms with Crippen LogP contribution in [0.1, 0.15) is 196 Å². The smallest absolute Gasteiger partial charge is 0.464 e. The molecule has 8 heterocycles. The van der Waals surface area contributed by atoms with Crippen LogP contribution in [-0.2, 0) is 53.0 Å². The van der Waals surface area contributed by atoms with Crippen LogP contribution >= 0.6 is 47.8 Å². The van der Waals surface area contributed by atoms with Gasteiger partial charge in [0.15, 0.2) is 0 Å². The number of carbonyl (C=O) groups is 5. The molecule has 7 aromatic heterocycles. The number of esters is 4. The van der Waals surface area contributed by atoms with Crippen molar-refractivity contribution in [3.63, 3.8) is 0 Å². The van der Waals surface area contributed by atoms with Crippen LogP contribution in [0.15, 0.2) is 200 Å². The van der Waals surface area contributed by atoms with Gasteiger partial charge in [-0.15, -0.1) is 0 Å². The number of nitro groups is 1. The van der Waals surface area contributed by atoms with E-state index in [1.165, 1.54) is 102 Å². The van der Waals surface area contributed by atoms with Crippen LogP contribution in [-0.4, -0.2) is 137 Å². The summed E-state index contributed by atoms with van der Waals surface area (Å²) < 4.78 is 149. The van der Waals surface area contributed by atoms with E-state index in [4.69, 9.17) is 18.8 Å². The quantitative estimate of drug-likeness (QED) is 0.0185. The number of nitrogens with one attached hydrogen (secondary N) is 4. The molecular formula is C92H100BBr3F4N8O18S2. The molecule has 0 aliphatic carbocycles. The summed E-state index contributed by atoms with van der Waals surface area (Å²) in [5.41, 5.74) is 8.85. The number of methoxy groups -OCH3 is 4. The van der Waals surface area contributed by atoms with E-state index in [1.807, 2.05) is 73.7 Å². The van der Waals surface area contributed by atoms with Crippen LogP contribution in [0.2, 0.25) is 0 Å².